The molecule has 5 aromatic rings. The molecule has 1 saturated heterocycles. The van der Waals surface area contributed by atoms with E-state index in [4.69, 9.17) is 21.3 Å². The average molecular weight is 569 g/mol. The molecule has 0 spiro atoms. The Hall–Kier alpha value is -4.54. The molecular weight excluding hydrogens is 540 g/mol. The van der Waals surface area contributed by atoms with Crippen molar-refractivity contribution < 1.29 is 4.74 Å². The number of anilines is 3. The summed E-state index contributed by atoms with van der Waals surface area (Å²) in [6.45, 7) is 6.14. The smallest absolute Gasteiger partial charge is 0.294 e. The summed E-state index contributed by atoms with van der Waals surface area (Å²) in [5, 5.41) is 7.95. The Morgan fingerprint density at radius 1 is 1.02 bits per heavy atom. The summed E-state index contributed by atoms with van der Waals surface area (Å²) < 4.78 is 7.31. The van der Waals surface area contributed by atoms with Crippen LogP contribution in [0.3, 0.4) is 0 Å². The average Bonchev–Trinajstić information content (AvgIpc) is 3.01. The van der Waals surface area contributed by atoms with Gasteiger partial charge in [0.1, 0.15) is 5.65 Å². The zero-order valence-corrected chi connectivity index (χ0v) is 23.3. The Kier molecular flexibility index (Phi) is 7.75. The molecule has 0 unspecified atom stereocenters. The van der Waals surface area contributed by atoms with Crippen LogP contribution in [0.2, 0.25) is 5.02 Å². The van der Waals surface area contributed by atoms with Crippen molar-refractivity contribution in [2.45, 2.75) is 13.5 Å². The number of aromatic nitrogens is 5. The van der Waals surface area contributed by atoms with Crippen LogP contribution in [0.4, 0.5) is 17.3 Å². The Balaban J connectivity index is 1.37. The summed E-state index contributed by atoms with van der Waals surface area (Å²) >= 11 is 6.66. The second-order valence-corrected chi connectivity index (χ2v) is 10.0. The van der Waals surface area contributed by atoms with Gasteiger partial charge in [0.05, 0.1) is 23.9 Å². The van der Waals surface area contributed by atoms with E-state index in [0.29, 0.717) is 28.6 Å². The van der Waals surface area contributed by atoms with Crippen molar-refractivity contribution in [2.24, 2.45) is 0 Å². The van der Waals surface area contributed by atoms with Gasteiger partial charge in [-0.2, -0.15) is 4.98 Å². The van der Waals surface area contributed by atoms with Crippen molar-refractivity contribution in [3.05, 3.63) is 94.4 Å². The number of piperazine rings is 1. The first-order valence-corrected chi connectivity index (χ1v) is 13.9. The van der Waals surface area contributed by atoms with Crippen LogP contribution >= 0.6 is 11.6 Å². The van der Waals surface area contributed by atoms with E-state index in [1.165, 1.54) is 0 Å². The van der Waals surface area contributed by atoms with E-state index in [9.17, 15) is 4.79 Å². The van der Waals surface area contributed by atoms with Gasteiger partial charge in [-0.05, 0) is 60.5 Å². The van der Waals surface area contributed by atoms with Crippen molar-refractivity contribution in [1.29, 1.82) is 0 Å². The van der Waals surface area contributed by atoms with Gasteiger partial charge in [0.15, 0.2) is 5.75 Å². The first-order chi connectivity index (χ1) is 20.1. The minimum absolute atomic E-state index is 0.249. The maximum atomic E-state index is 13.6. The summed E-state index contributed by atoms with van der Waals surface area (Å²) in [6, 6.07) is 13.3. The number of nitrogens with one attached hydrogen (secondary N) is 2. The van der Waals surface area contributed by atoms with Crippen LogP contribution in [0.15, 0.2) is 78.2 Å². The lowest BCUT2D eigenvalue weighted by Crippen LogP contribution is -2.43. The Labute approximate surface area is 242 Å². The third-order valence-corrected chi connectivity index (χ3v) is 7.29. The molecule has 1 aliphatic heterocycles. The van der Waals surface area contributed by atoms with Crippen molar-refractivity contribution in [3.63, 3.8) is 0 Å². The standard InChI is InChI=1S/C30H29ClN8O2/c1-2-41-27-15-22-17-35-30(36-23-3-4-26(25(31)16-23)38-13-11-33-12-14-38)37-28(22)39(29(27)40)19-21-7-10-34-18-24(21)20-5-8-32-9-6-20/h3-10,15-18,33H,2,11-14,19H2,1H3,(H,35,36,37). The molecule has 6 rings (SSSR count). The van der Waals surface area contributed by atoms with E-state index >= 15 is 0 Å². The minimum atomic E-state index is -0.273. The van der Waals surface area contributed by atoms with E-state index in [0.717, 1.165) is 54.2 Å². The molecule has 11 heteroatoms. The fourth-order valence-electron chi connectivity index (χ4n) is 5.00. The van der Waals surface area contributed by atoms with Gasteiger partial charge in [0.25, 0.3) is 5.56 Å². The largest absolute Gasteiger partial charge is 0.488 e. The van der Waals surface area contributed by atoms with E-state index in [-0.39, 0.29) is 17.9 Å². The molecule has 41 heavy (non-hydrogen) atoms. The number of ether oxygens (including phenoxy) is 1. The van der Waals surface area contributed by atoms with E-state index in [1.807, 2.05) is 43.3 Å². The van der Waals surface area contributed by atoms with Crippen LogP contribution in [-0.4, -0.2) is 57.3 Å². The third kappa shape index (κ3) is 5.70. The number of hydrogen-bond donors (Lipinski definition) is 2. The molecule has 2 N–H and O–H groups in total. The summed E-state index contributed by atoms with van der Waals surface area (Å²) in [5.41, 5.74) is 4.73. The van der Waals surface area contributed by atoms with Gasteiger partial charge in [-0.3, -0.25) is 19.3 Å². The molecule has 0 aliphatic carbocycles. The van der Waals surface area contributed by atoms with Gasteiger partial charge in [-0.25, -0.2) is 4.98 Å². The molecule has 0 atom stereocenters. The molecule has 0 radical (unpaired) electrons. The third-order valence-electron chi connectivity index (χ3n) is 6.99. The highest BCUT2D eigenvalue weighted by Crippen LogP contribution is 2.30. The number of fused-ring (bicyclic) bond motifs is 1. The topological polar surface area (TPSA) is 110 Å². The predicted molar refractivity (Wildman–Crippen MR) is 161 cm³/mol. The number of pyridine rings is 3. The molecule has 0 saturated carbocycles. The number of benzene rings is 1. The van der Waals surface area contributed by atoms with Crippen molar-refractivity contribution in [1.82, 2.24) is 29.8 Å². The van der Waals surface area contributed by atoms with Crippen LogP contribution in [0.5, 0.6) is 5.75 Å². The van der Waals surface area contributed by atoms with Gasteiger partial charge >= 0.3 is 0 Å². The van der Waals surface area contributed by atoms with Crippen molar-refractivity contribution in [2.75, 3.05) is 43.0 Å². The zero-order chi connectivity index (χ0) is 28.2. The highest BCUT2D eigenvalue weighted by Gasteiger charge is 2.17. The van der Waals surface area contributed by atoms with Crippen LogP contribution in [0.1, 0.15) is 12.5 Å². The molecule has 4 aromatic heterocycles. The zero-order valence-electron chi connectivity index (χ0n) is 22.5. The van der Waals surface area contributed by atoms with Crippen molar-refractivity contribution in [3.8, 4) is 16.9 Å². The second kappa shape index (κ2) is 11.9. The van der Waals surface area contributed by atoms with Gasteiger partial charge in [0, 0.05) is 73.8 Å². The van der Waals surface area contributed by atoms with Crippen LogP contribution in [0, 0.1) is 0 Å². The SMILES string of the molecule is CCOc1cc2cnc(Nc3ccc(N4CCNCC4)c(Cl)c3)nc2n(Cc2ccncc2-c2ccncc2)c1=O. The molecule has 1 aliphatic rings. The van der Waals surface area contributed by atoms with Gasteiger partial charge in [-0.1, -0.05) is 11.6 Å². The molecule has 0 amide bonds. The Morgan fingerprint density at radius 2 is 1.83 bits per heavy atom. The Bertz CT molecular complexity index is 1740. The second-order valence-electron chi connectivity index (χ2n) is 9.60. The van der Waals surface area contributed by atoms with Gasteiger partial charge in [-0.15, -0.1) is 0 Å². The molecule has 5 heterocycles. The lowest BCUT2D eigenvalue weighted by Gasteiger charge is -2.30. The number of hydrogen-bond acceptors (Lipinski definition) is 9. The van der Waals surface area contributed by atoms with E-state index in [2.05, 4.69) is 30.5 Å². The summed E-state index contributed by atoms with van der Waals surface area (Å²) in [4.78, 5) is 33.6. The fraction of sp³-hybridized carbons (Fsp3) is 0.233. The summed E-state index contributed by atoms with van der Waals surface area (Å²) in [5.74, 6) is 0.601. The van der Waals surface area contributed by atoms with E-state index < -0.39 is 0 Å². The molecule has 0 bridgehead atoms. The van der Waals surface area contributed by atoms with E-state index in [1.54, 1.807) is 41.6 Å². The minimum Gasteiger partial charge on any atom is -0.488 e. The molecule has 1 aromatic carbocycles. The lowest BCUT2D eigenvalue weighted by atomic mass is 10.0. The van der Waals surface area contributed by atoms with Crippen LogP contribution < -0.4 is 25.8 Å². The molecule has 1 fully saturated rings. The maximum Gasteiger partial charge on any atom is 0.294 e. The summed E-state index contributed by atoms with van der Waals surface area (Å²) in [7, 11) is 0. The monoisotopic (exact) mass is 568 g/mol. The summed E-state index contributed by atoms with van der Waals surface area (Å²) in [6.07, 6.45) is 8.67. The van der Waals surface area contributed by atoms with Gasteiger partial charge < -0.3 is 20.3 Å². The maximum absolute atomic E-state index is 13.6. The van der Waals surface area contributed by atoms with Crippen LogP contribution in [0.25, 0.3) is 22.2 Å². The quantitative estimate of drug-likeness (QED) is 0.279. The Morgan fingerprint density at radius 3 is 2.61 bits per heavy atom. The highest BCUT2D eigenvalue weighted by molar-refractivity contribution is 6.33. The number of rotatable bonds is 8. The predicted octanol–water partition coefficient (Wildman–Crippen LogP) is 4.50. The first-order valence-electron chi connectivity index (χ1n) is 13.5. The lowest BCUT2D eigenvalue weighted by molar-refractivity contribution is 0.333. The molecule has 208 valence electrons. The van der Waals surface area contributed by atoms with Gasteiger partial charge in [0.2, 0.25) is 5.95 Å². The highest BCUT2D eigenvalue weighted by atomic mass is 35.5. The normalized spacial score (nSPS) is 13.4. The first kappa shape index (κ1) is 26.7. The fourth-order valence-corrected chi connectivity index (χ4v) is 5.30. The number of nitrogens with zero attached hydrogens (tertiary/aromatic N) is 6. The molecule has 10 nitrogen and oxygen atoms in total. The number of halogens is 1. The van der Waals surface area contributed by atoms with Crippen molar-refractivity contribution >= 4 is 40.0 Å². The molecular formula is C30H29ClN8O2. The van der Waals surface area contributed by atoms with Crippen LogP contribution in [-0.2, 0) is 6.54 Å².